The van der Waals surface area contributed by atoms with E-state index in [9.17, 15) is 9.90 Å². The van der Waals surface area contributed by atoms with Crippen LogP contribution in [-0.4, -0.2) is 76.3 Å². The Bertz CT molecular complexity index is 1780. The summed E-state index contributed by atoms with van der Waals surface area (Å²) in [6, 6.07) is 12.0. The highest BCUT2D eigenvalue weighted by molar-refractivity contribution is 5.95. The van der Waals surface area contributed by atoms with Crippen LogP contribution < -0.4 is 25.0 Å². The van der Waals surface area contributed by atoms with Gasteiger partial charge in [-0.3, -0.25) is 4.79 Å². The Morgan fingerprint density at radius 3 is 2.55 bits per heavy atom. The van der Waals surface area contributed by atoms with Crippen LogP contribution in [-0.2, 0) is 4.79 Å². The molecule has 0 radical (unpaired) electrons. The summed E-state index contributed by atoms with van der Waals surface area (Å²) in [6.45, 7) is 10.3. The van der Waals surface area contributed by atoms with E-state index in [4.69, 9.17) is 9.47 Å². The number of methoxy groups -OCH3 is 1. The number of likely N-dealkylation sites (tertiary alicyclic amines) is 1. The third kappa shape index (κ3) is 7.07. The Labute approximate surface area is 273 Å². The zero-order valence-corrected chi connectivity index (χ0v) is 26.9. The first kappa shape index (κ1) is 32.0. The molecule has 0 saturated carbocycles. The standard InChI is InChI=1S/C35H40FN7O4/c1-5-33(45)42-13-9-22(10-14-42)40-29-18-25-28(19-30(29)46-4)38-21-39-34(25)41-27-7-6-23(16-26(27)36)47-24-8-12-37-32(17-24)43-15-11-31(44)35(2,3)20-43/h5-8,12,16-19,21-22,31,40,44H,1,9-11,13-15,20H2,2-4H3,(H,38,39,41). The normalized spacial score (nSPS) is 18.1. The number of hydrogen-bond donors (Lipinski definition) is 3. The van der Waals surface area contributed by atoms with Crippen molar-refractivity contribution in [2.45, 2.75) is 45.3 Å². The van der Waals surface area contributed by atoms with Crippen LogP contribution in [0.3, 0.4) is 0 Å². The lowest BCUT2D eigenvalue weighted by atomic mass is 9.81. The van der Waals surface area contributed by atoms with E-state index >= 15 is 4.39 Å². The van der Waals surface area contributed by atoms with Gasteiger partial charge in [-0.25, -0.2) is 19.3 Å². The summed E-state index contributed by atoms with van der Waals surface area (Å²) in [7, 11) is 1.60. The van der Waals surface area contributed by atoms with Crippen LogP contribution in [0, 0.1) is 11.2 Å². The number of anilines is 4. The number of benzene rings is 2. The van der Waals surface area contributed by atoms with Crippen LogP contribution in [0.5, 0.6) is 17.2 Å². The van der Waals surface area contributed by atoms with Crippen molar-refractivity contribution in [1.82, 2.24) is 19.9 Å². The minimum Gasteiger partial charge on any atom is -0.495 e. The molecule has 47 heavy (non-hydrogen) atoms. The number of aromatic nitrogens is 3. The lowest BCUT2D eigenvalue weighted by molar-refractivity contribution is -0.126. The van der Waals surface area contributed by atoms with E-state index in [1.165, 1.54) is 18.5 Å². The molecule has 0 spiro atoms. The van der Waals surface area contributed by atoms with Crippen LogP contribution in [0.1, 0.15) is 33.1 Å². The summed E-state index contributed by atoms with van der Waals surface area (Å²) in [5.74, 6) is 2.11. The molecule has 6 rings (SSSR count). The Morgan fingerprint density at radius 1 is 1.04 bits per heavy atom. The predicted octanol–water partition coefficient (Wildman–Crippen LogP) is 5.89. The third-order valence-electron chi connectivity index (χ3n) is 8.94. The van der Waals surface area contributed by atoms with E-state index in [2.05, 4.69) is 37.1 Å². The van der Waals surface area contributed by atoms with Gasteiger partial charge in [-0.2, -0.15) is 0 Å². The van der Waals surface area contributed by atoms with E-state index < -0.39 is 5.82 Å². The summed E-state index contributed by atoms with van der Waals surface area (Å²) in [4.78, 5) is 29.2. The Kier molecular flexibility index (Phi) is 9.12. The molecule has 1 atom stereocenters. The largest absolute Gasteiger partial charge is 0.495 e. The fourth-order valence-corrected chi connectivity index (χ4v) is 6.16. The second-order valence-electron chi connectivity index (χ2n) is 12.7. The molecule has 2 fully saturated rings. The molecular weight excluding hydrogens is 601 g/mol. The van der Waals surface area contributed by atoms with Gasteiger partial charge in [0, 0.05) is 67.4 Å². The zero-order chi connectivity index (χ0) is 33.1. The van der Waals surface area contributed by atoms with Gasteiger partial charge in [0.2, 0.25) is 5.91 Å². The summed E-state index contributed by atoms with van der Waals surface area (Å²) >= 11 is 0. The number of nitrogens with zero attached hydrogens (tertiary/aromatic N) is 5. The number of amides is 1. The highest BCUT2D eigenvalue weighted by atomic mass is 19.1. The second kappa shape index (κ2) is 13.4. The number of nitrogens with one attached hydrogen (secondary N) is 2. The molecule has 0 aliphatic carbocycles. The number of rotatable bonds is 9. The second-order valence-corrected chi connectivity index (χ2v) is 12.7. The van der Waals surface area contributed by atoms with Gasteiger partial charge in [0.15, 0.2) is 0 Å². The number of aliphatic hydroxyl groups is 1. The third-order valence-corrected chi connectivity index (χ3v) is 8.94. The number of halogens is 1. The Morgan fingerprint density at radius 2 is 1.83 bits per heavy atom. The van der Waals surface area contributed by atoms with Gasteiger partial charge in [0.1, 0.15) is 41.0 Å². The first-order valence-electron chi connectivity index (χ1n) is 15.8. The number of pyridine rings is 1. The van der Waals surface area contributed by atoms with E-state index in [1.54, 1.807) is 36.4 Å². The summed E-state index contributed by atoms with van der Waals surface area (Å²) in [5.41, 5.74) is 1.37. The van der Waals surface area contributed by atoms with Crippen LogP contribution in [0.25, 0.3) is 10.9 Å². The summed E-state index contributed by atoms with van der Waals surface area (Å²) < 4.78 is 27.1. The molecule has 2 aromatic carbocycles. The number of carbonyl (C=O) groups excluding carboxylic acids is 1. The first-order chi connectivity index (χ1) is 22.6. The molecule has 2 aromatic heterocycles. The van der Waals surface area contributed by atoms with Crippen LogP contribution in [0.15, 0.2) is 67.6 Å². The van der Waals surface area contributed by atoms with E-state index in [1.807, 2.05) is 32.0 Å². The maximum absolute atomic E-state index is 15.5. The fraction of sp³-hybridized carbons (Fsp3) is 0.371. The van der Waals surface area contributed by atoms with Gasteiger partial charge in [0.05, 0.1) is 30.1 Å². The molecule has 3 N–H and O–H groups in total. The molecule has 1 amide bonds. The van der Waals surface area contributed by atoms with Crippen molar-refractivity contribution >= 4 is 39.8 Å². The number of ether oxygens (including phenoxy) is 2. The van der Waals surface area contributed by atoms with Crippen molar-refractivity contribution in [3.8, 4) is 17.2 Å². The van der Waals surface area contributed by atoms with Crippen molar-refractivity contribution < 1.29 is 23.8 Å². The minimum absolute atomic E-state index is 0.0581. The van der Waals surface area contributed by atoms with Gasteiger partial charge in [-0.15, -0.1) is 0 Å². The van der Waals surface area contributed by atoms with Gasteiger partial charge in [0.25, 0.3) is 0 Å². The highest BCUT2D eigenvalue weighted by Crippen LogP contribution is 2.36. The molecule has 1 unspecified atom stereocenters. The van der Waals surface area contributed by atoms with Crippen LogP contribution in [0.2, 0.25) is 0 Å². The summed E-state index contributed by atoms with van der Waals surface area (Å²) in [5, 5.41) is 17.7. The Hall–Kier alpha value is -4.97. The quantitative estimate of drug-likeness (QED) is 0.191. The molecular formula is C35H40FN7O4. The molecule has 2 aliphatic rings. The molecule has 0 bridgehead atoms. The van der Waals surface area contributed by atoms with Gasteiger partial charge in [-0.1, -0.05) is 20.4 Å². The van der Waals surface area contributed by atoms with E-state index in [0.29, 0.717) is 66.6 Å². The lowest BCUT2D eigenvalue weighted by Gasteiger charge is -2.42. The molecule has 2 saturated heterocycles. The average Bonchev–Trinajstić information content (AvgIpc) is 3.07. The smallest absolute Gasteiger partial charge is 0.245 e. The SMILES string of the molecule is C=CC(=O)N1CCC(Nc2cc3c(Nc4ccc(Oc5ccnc(N6CCC(O)C(C)(C)C6)c5)cc4F)ncnc3cc2OC)CC1. The highest BCUT2D eigenvalue weighted by Gasteiger charge is 2.35. The fourth-order valence-electron chi connectivity index (χ4n) is 6.16. The molecule has 12 heteroatoms. The van der Waals surface area contributed by atoms with E-state index in [0.717, 1.165) is 24.3 Å². The average molecular weight is 642 g/mol. The molecule has 2 aliphatic heterocycles. The van der Waals surface area contributed by atoms with Crippen LogP contribution >= 0.6 is 0 Å². The molecule has 4 aromatic rings. The number of hydrogen-bond acceptors (Lipinski definition) is 10. The van der Waals surface area contributed by atoms with Gasteiger partial charge < -0.3 is 35.0 Å². The lowest BCUT2D eigenvalue weighted by Crippen LogP contribution is -2.48. The van der Waals surface area contributed by atoms with Crippen molar-refractivity contribution in [1.29, 1.82) is 0 Å². The summed E-state index contributed by atoms with van der Waals surface area (Å²) in [6.07, 6.45) is 6.28. The number of carbonyl (C=O) groups is 1. The zero-order valence-electron chi connectivity index (χ0n) is 26.9. The monoisotopic (exact) mass is 641 g/mol. The van der Waals surface area contributed by atoms with Gasteiger partial charge >= 0.3 is 0 Å². The number of fused-ring (bicyclic) bond motifs is 1. The van der Waals surface area contributed by atoms with Crippen molar-refractivity contribution in [3.05, 3.63) is 73.5 Å². The van der Waals surface area contributed by atoms with Crippen molar-refractivity contribution in [3.63, 3.8) is 0 Å². The number of aliphatic hydroxyl groups excluding tert-OH is 1. The Balaban J connectivity index is 1.17. The molecule has 246 valence electrons. The maximum Gasteiger partial charge on any atom is 0.245 e. The van der Waals surface area contributed by atoms with E-state index in [-0.39, 0.29) is 29.2 Å². The van der Waals surface area contributed by atoms with Crippen molar-refractivity contribution in [2.75, 3.05) is 48.8 Å². The molecule has 4 heterocycles. The van der Waals surface area contributed by atoms with Gasteiger partial charge in [-0.05, 0) is 49.6 Å². The van der Waals surface area contributed by atoms with Crippen molar-refractivity contribution in [2.24, 2.45) is 5.41 Å². The molecule has 11 nitrogen and oxygen atoms in total. The minimum atomic E-state index is -0.511. The predicted molar refractivity (Wildman–Crippen MR) is 180 cm³/mol. The topological polar surface area (TPSA) is 125 Å². The maximum atomic E-state index is 15.5. The van der Waals surface area contributed by atoms with Crippen LogP contribution in [0.4, 0.5) is 27.4 Å². The number of piperidine rings is 2. The first-order valence-corrected chi connectivity index (χ1v) is 15.8.